The highest BCUT2D eigenvalue weighted by Gasteiger charge is 2.53. The lowest BCUT2D eigenvalue weighted by Gasteiger charge is -2.49. The van der Waals surface area contributed by atoms with E-state index in [1.54, 1.807) is 17.9 Å². The zero-order valence-electron chi connectivity index (χ0n) is 15.9. The molecule has 146 valence electrons. The van der Waals surface area contributed by atoms with E-state index in [0.29, 0.717) is 49.8 Å². The van der Waals surface area contributed by atoms with Crippen LogP contribution in [0.2, 0.25) is 0 Å². The Bertz CT molecular complexity index is 747. The van der Waals surface area contributed by atoms with Crippen LogP contribution in [0.1, 0.15) is 48.5 Å². The second kappa shape index (κ2) is 6.82. The van der Waals surface area contributed by atoms with Gasteiger partial charge >= 0.3 is 6.09 Å². The number of ketones is 1. The first-order chi connectivity index (χ1) is 12.9. The maximum atomic E-state index is 13.1. The second-order valence-electron chi connectivity index (χ2n) is 8.26. The molecule has 1 saturated heterocycles. The van der Waals surface area contributed by atoms with Gasteiger partial charge in [-0.3, -0.25) is 4.79 Å². The lowest BCUT2D eigenvalue weighted by molar-refractivity contribution is -0.0734. The first-order valence-electron chi connectivity index (χ1n) is 9.83. The third kappa shape index (κ3) is 3.43. The van der Waals surface area contributed by atoms with Crippen molar-refractivity contribution in [1.29, 1.82) is 0 Å². The van der Waals surface area contributed by atoms with Crippen LogP contribution < -0.4 is 4.74 Å². The Balaban J connectivity index is 1.52. The van der Waals surface area contributed by atoms with Gasteiger partial charge in [0.2, 0.25) is 0 Å². The standard InChI is InChI=1S/C21H27NO5/c1-13-3-6-16-17(11-13)27-21(18(14(2)23)19(16)24)7-9-22(10-8-21)20(25)26-12-15-4-5-15/h3,6,11,14-15,18,23H,4-5,7-10,12H2,1-2H3. The Morgan fingerprint density at radius 3 is 2.70 bits per heavy atom. The number of ether oxygens (including phenoxy) is 2. The van der Waals surface area contributed by atoms with Gasteiger partial charge in [0.25, 0.3) is 0 Å². The number of likely N-dealkylation sites (tertiary alicyclic amines) is 1. The minimum absolute atomic E-state index is 0.0731. The van der Waals surface area contributed by atoms with Gasteiger partial charge in [-0.25, -0.2) is 4.79 Å². The SMILES string of the molecule is Cc1ccc2c(c1)OC1(CCN(C(=O)OCC3CC3)CC1)C(C(C)O)C2=O. The molecule has 27 heavy (non-hydrogen) atoms. The summed E-state index contributed by atoms with van der Waals surface area (Å²) in [6.07, 6.45) is 2.17. The smallest absolute Gasteiger partial charge is 0.409 e. The predicted octanol–water partition coefficient (Wildman–Crippen LogP) is 2.95. The first kappa shape index (κ1) is 18.3. The molecule has 0 aromatic heterocycles. The highest BCUT2D eigenvalue weighted by Crippen LogP contribution is 2.44. The number of carbonyl (C=O) groups is 2. The van der Waals surface area contributed by atoms with E-state index in [0.717, 1.165) is 18.4 Å². The zero-order chi connectivity index (χ0) is 19.2. The fourth-order valence-corrected chi connectivity index (χ4v) is 4.31. The van der Waals surface area contributed by atoms with Crippen LogP contribution in [-0.2, 0) is 4.74 Å². The molecule has 1 aromatic rings. The molecule has 1 aliphatic carbocycles. The monoisotopic (exact) mass is 373 g/mol. The van der Waals surface area contributed by atoms with Crippen LogP contribution in [0, 0.1) is 18.8 Å². The van der Waals surface area contributed by atoms with E-state index in [1.165, 1.54) is 0 Å². The highest BCUT2D eigenvalue weighted by atomic mass is 16.6. The van der Waals surface area contributed by atoms with Crippen LogP contribution in [0.3, 0.4) is 0 Å². The van der Waals surface area contributed by atoms with Crippen molar-refractivity contribution >= 4 is 11.9 Å². The molecule has 2 fully saturated rings. The summed E-state index contributed by atoms with van der Waals surface area (Å²) in [4.78, 5) is 27.1. The number of aliphatic hydroxyl groups is 1. The van der Waals surface area contributed by atoms with Gasteiger partial charge in [0.15, 0.2) is 5.78 Å². The van der Waals surface area contributed by atoms with Crippen LogP contribution in [0.25, 0.3) is 0 Å². The zero-order valence-corrected chi connectivity index (χ0v) is 15.9. The summed E-state index contributed by atoms with van der Waals surface area (Å²) in [6.45, 7) is 5.02. The molecule has 3 aliphatic rings. The van der Waals surface area contributed by atoms with Gasteiger partial charge in [-0.2, -0.15) is 0 Å². The van der Waals surface area contributed by atoms with Crippen LogP contribution >= 0.6 is 0 Å². The van der Waals surface area contributed by atoms with Crippen molar-refractivity contribution in [3.63, 3.8) is 0 Å². The number of nitrogens with zero attached hydrogens (tertiary/aromatic N) is 1. The third-order valence-electron chi connectivity index (χ3n) is 6.05. The molecule has 2 atom stereocenters. The Labute approximate surface area is 159 Å². The number of hydrogen-bond acceptors (Lipinski definition) is 5. The Kier molecular flexibility index (Phi) is 4.62. The molecule has 2 aliphatic heterocycles. The molecule has 1 amide bonds. The number of carbonyl (C=O) groups excluding carboxylic acids is 2. The predicted molar refractivity (Wildman–Crippen MR) is 98.9 cm³/mol. The van der Waals surface area contributed by atoms with Crippen molar-refractivity contribution in [3.8, 4) is 5.75 Å². The third-order valence-corrected chi connectivity index (χ3v) is 6.05. The minimum atomic E-state index is -0.819. The van der Waals surface area contributed by atoms with Crippen LogP contribution in [0.15, 0.2) is 18.2 Å². The van der Waals surface area contributed by atoms with Crippen molar-refractivity contribution in [2.24, 2.45) is 11.8 Å². The molecule has 1 N–H and O–H groups in total. The van der Waals surface area contributed by atoms with Crippen LogP contribution in [-0.4, -0.2) is 53.3 Å². The maximum Gasteiger partial charge on any atom is 0.409 e. The number of rotatable bonds is 3. The molecule has 1 spiro atoms. The number of hydrogen-bond donors (Lipinski definition) is 1. The van der Waals surface area contributed by atoms with E-state index in [4.69, 9.17) is 9.47 Å². The van der Waals surface area contributed by atoms with Crippen molar-refractivity contribution in [1.82, 2.24) is 4.90 Å². The summed E-state index contributed by atoms with van der Waals surface area (Å²) in [5.41, 5.74) is 0.774. The molecule has 4 rings (SSSR count). The van der Waals surface area contributed by atoms with E-state index in [2.05, 4.69) is 0 Å². The van der Waals surface area contributed by atoms with E-state index < -0.39 is 17.6 Å². The highest BCUT2D eigenvalue weighted by molar-refractivity contribution is 6.02. The van der Waals surface area contributed by atoms with Crippen molar-refractivity contribution in [3.05, 3.63) is 29.3 Å². The fourth-order valence-electron chi connectivity index (χ4n) is 4.31. The Morgan fingerprint density at radius 2 is 2.07 bits per heavy atom. The number of aryl methyl sites for hydroxylation is 1. The molecule has 6 heteroatoms. The molecule has 0 radical (unpaired) electrons. The lowest BCUT2D eigenvalue weighted by atomic mass is 9.71. The summed E-state index contributed by atoms with van der Waals surface area (Å²) in [5, 5.41) is 10.4. The quantitative estimate of drug-likeness (QED) is 0.882. The van der Waals surface area contributed by atoms with E-state index >= 15 is 0 Å². The van der Waals surface area contributed by atoms with Gasteiger partial charge in [-0.1, -0.05) is 6.07 Å². The van der Waals surface area contributed by atoms with Gasteiger partial charge in [-0.15, -0.1) is 0 Å². The number of aliphatic hydroxyl groups excluding tert-OH is 1. The summed E-state index contributed by atoms with van der Waals surface area (Å²) in [6, 6.07) is 5.54. The van der Waals surface area contributed by atoms with Gasteiger partial charge < -0.3 is 19.5 Å². The minimum Gasteiger partial charge on any atom is -0.485 e. The molecule has 2 heterocycles. The largest absolute Gasteiger partial charge is 0.485 e. The van der Waals surface area contributed by atoms with E-state index in [1.807, 2.05) is 19.1 Å². The number of amides is 1. The molecule has 0 bridgehead atoms. The first-order valence-corrected chi connectivity index (χ1v) is 9.83. The lowest BCUT2D eigenvalue weighted by Crippen LogP contribution is -2.60. The molecule has 6 nitrogen and oxygen atoms in total. The summed E-state index contributed by atoms with van der Waals surface area (Å²) < 4.78 is 11.7. The van der Waals surface area contributed by atoms with Crippen molar-refractivity contribution in [2.45, 2.75) is 51.2 Å². The summed E-state index contributed by atoms with van der Waals surface area (Å²) >= 11 is 0. The van der Waals surface area contributed by atoms with Gasteiger partial charge in [-0.05, 0) is 50.3 Å². The summed E-state index contributed by atoms with van der Waals surface area (Å²) in [5.74, 6) is 0.416. The number of fused-ring (bicyclic) bond motifs is 1. The van der Waals surface area contributed by atoms with Gasteiger partial charge in [0.05, 0.1) is 24.2 Å². The second-order valence-corrected chi connectivity index (χ2v) is 8.26. The van der Waals surface area contributed by atoms with Crippen LogP contribution in [0.5, 0.6) is 5.75 Å². The molecular weight excluding hydrogens is 346 g/mol. The number of benzene rings is 1. The average Bonchev–Trinajstić information content (AvgIpc) is 3.44. The van der Waals surface area contributed by atoms with Crippen molar-refractivity contribution in [2.75, 3.05) is 19.7 Å². The normalized spacial score (nSPS) is 24.9. The summed E-state index contributed by atoms with van der Waals surface area (Å²) in [7, 11) is 0. The molecule has 1 aromatic carbocycles. The topological polar surface area (TPSA) is 76.1 Å². The van der Waals surface area contributed by atoms with Gasteiger partial charge in [0.1, 0.15) is 11.4 Å². The number of piperidine rings is 1. The molecule has 2 unspecified atom stereocenters. The van der Waals surface area contributed by atoms with Crippen LogP contribution in [0.4, 0.5) is 4.79 Å². The molecular formula is C21H27NO5. The number of Topliss-reactive ketones (excluding diaryl/α,β-unsaturated/α-hetero) is 1. The fraction of sp³-hybridized carbons (Fsp3) is 0.619. The van der Waals surface area contributed by atoms with Crippen molar-refractivity contribution < 1.29 is 24.2 Å². The van der Waals surface area contributed by atoms with Gasteiger partial charge in [0, 0.05) is 25.9 Å². The Morgan fingerprint density at radius 1 is 1.37 bits per heavy atom. The van der Waals surface area contributed by atoms with E-state index in [9.17, 15) is 14.7 Å². The van der Waals surface area contributed by atoms with E-state index in [-0.39, 0.29) is 11.9 Å². The Hall–Kier alpha value is -2.08. The maximum absolute atomic E-state index is 13.1. The molecule has 1 saturated carbocycles. The average molecular weight is 373 g/mol.